The van der Waals surface area contributed by atoms with E-state index >= 15 is 0 Å². The minimum atomic E-state index is -0.922. The van der Waals surface area contributed by atoms with Crippen LogP contribution in [0.4, 0.5) is 0 Å². The number of aromatic nitrogens is 5. The van der Waals surface area contributed by atoms with Crippen molar-refractivity contribution in [3.8, 4) is 0 Å². The van der Waals surface area contributed by atoms with Crippen molar-refractivity contribution in [1.29, 1.82) is 0 Å². The molecule has 0 radical (unpaired) electrons. The highest BCUT2D eigenvalue weighted by Gasteiger charge is 2.49. The van der Waals surface area contributed by atoms with E-state index in [0.717, 1.165) is 24.1 Å². The molecule has 0 bridgehead atoms. The fourth-order valence-corrected chi connectivity index (χ4v) is 2.06. The topological polar surface area (TPSA) is 96.7 Å². The van der Waals surface area contributed by atoms with Crippen LogP contribution in [0.5, 0.6) is 0 Å². The molecule has 7 heteroatoms. The zero-order chi connectivity index (χ0) is 11.9. The Bertz CT molecular complexity index is 541. The zero-order valence-electron chi connectivity index (χ0n) is 9.00. The van der Waals surface area contributed by atoms with Gasteiger partial charge in [-0.15, -0.1) is 5.10 Å². The third-order valence-electron chi connectivity index (χ3n) is 3.13. The molecule has 1 aliphatic rings. The van der Waals surface area contributed by atoms with Crippen LogP contribution in [0.2, 0.25) is 0 Å². The van der Waals surface area contributed by atoms with Crippen molar-refractivity contribution in [2.24, 2.45) is 0 Å². The number of aliphatic carboxylic acids is 1. The number of hydrogen-bond acceptors (Lipinski definition) is 4. The highest BCUT2D eigenvalue weighted by atomic mass is 16.4. The van der Waals surface area contributed by atoms with E-state index in [1.807, 2.05) is 6.20 Å². The first-order valence-corrected chi connectivity index (χ1v) is 5.32. The quantitative estimate of drug-likeness (QED) is 0.784. The summed E-state index contributed by atoms with van der Waals surface area (Å²) in [7, 11) is 0. The minimum absolute atomic E-state index is 0.107. The van der Waals surface area contributed by atoms with Gasteiger partial charge in [0.15, 0.2) is 0 Å². The lowest BCUT2D eigenvalue weighted by Crippen LogP contribution is -2.10. The van der Waals surface area contributed by atoms with E-state index in [1.54, 1.807) is 12.4 Å². The lowest BCUT2D eigenvalue weighted by atomic mass is 9.96. The molecule has 7 nitrogen and oxygen atoms in total. The average Bonchev–Trinajstić information content (AvgIpc) is 2.77. The molecule has 88 valence electrons. The molecule has 0 aliphatic heterocycles. The van der Waals surface area contributed by atoms with E-state index < -0.39 is 5.97 Å². The Morgan fingerprint density at radius 3 is 3.00 bits per heavy atom. The highest BCUT2D eigenvalue weighted by molar-refractivity contribution is 5.66. The number of nitrogens with one attached hydrogen (secondary N) is 1. The number of H-pyrrole nitrogens is 1. The summed E-state index contributed by atoms with van der Waals surface area (Å²) >= 11 is 0. The summed E-state index contributed by atoms with van der Waals surface area (Å²) in [5.74, 6) is -0.922. The molecular formula is C10H11N5O2. The van der Waals surface area contributed by atoms with Crippen LogP contribution >= 0.6 is 0 Å². The fraction of sp³-hybridized carbons (Fsp3) is 0.400. The standard InChI is InChI=1S/C10H11N5O2/c16-9(17)6-15-5-8(13-14-15)10(1-2-10)7-3-11-12-4-7/h3-5H,1-2,6H2,(H,11,12)(H,16,17). The van der Waals surface area contributed by atoms with E-state index in [4.69, 9.17) is 5.11 Å². The molecule has 0 unspecified atom stereocenters. The van der Waals surface area contributed by atoms with Gasteiger partial charge in [-0.2, -0.15) is 5.10 Å². The first-order chi connectivity index (χ1) is 8.21. The van der Waals surface area contributed by atoms with Crippen LogP contribution in [0, 0.1) is 0 Å². The molecule has 0 spiro atoms. The number of carboxylic acids is 1. The SMILES string of the molecule is O=C(O)Cn1cc(C2(c3cn[nH]c3)CC2)nn1. The molecule has 0 aromatic carbocycles. The predicted octanol–water partition coefficient (Wildman–Crippen LogP) is 0.166. The minimum Gasteiger partial charge on any atom is -0.480 e. The van der Waals surface area contributed by atoms with E-state index in [-0.39, 0.29) is 12.0 Å². The Hall–Kier alpha value is -2.18. The summed E-state index contributed by atoms with van der Waals surface area (Å²) in [4.78, 5) is 10.6. The molecule has 0 amide bonds. The summed E-state index contributed by atoms with van der Waals surface area (Å²) in [6.45, 7) is -0.158. The van der Waals surface area contributed by atoms with Crippen LogP contribution in [0.25, 0.3) is 0 Å². The molecule has 1 saturated carbocycles. The van der Waals surface area contributed by atoms with E-state index in [0.29, 0.717) is 0 Å². The molecule has 2 N–H and O–H groups in total. The highest BCUT2D eigenvalue weighted by Crippen LogP contribution is 2.52. The van der Waals surface area contributed by atoms with Crippen molar-refractivity contribution in [2.45, 2.75) is 24.8 Å². The van der Waals surface area contributed by atoms with Gasteiger partial charge in [-0.3, -0.25) is 9.89 Å². The molecule has 17 heavy (non-hydrogen) atoms. The van der Waals surface area contributed by atoms with Crippen molar-refractivity contribution < 1.29 is 9.90 Å². The summed E-state index contributed by atoms with van der Waals surface area (Å²) in [5.41, 5.74) is 1.80. The van der Waals surface area contributed by atoms with E-state index in [9.17, 15) is 4.79 Å². The second kappa shape index (κ2) is 3.41. The van der Waals surface area contributed by atoms with Gasteiger partial charge in [-0.25, -0.2) is 4.68 Å². The predicted molar refractivity (Wildman–Crippen MR) is 56.3 cm³/mol. The maximum Gasteiger partial charge on any atom is 0.325 e. The van der Waals surface area contributed by atoms with Crippen molar-refractivity contribution in [3.63, 3.8) is 0 Å². The number of hydrogen-bond donors (Lipinski definition) is 2. The van der Waals surface area contributed by atoms with Crippen LogP contribution in [0.1, 0.15) is 24.1 Å². The van der Waals surface area contributed by atoms with Crippen LogP contribution in [0.3, 0.4) is 0 Å². The first kappa shape index (κ1) is 10.0. The summed E-state index contributed by atoms with van der Waals surface area (Å²) in [5, 5.41) is 23.3. The molecule has 2 heterocycles. The Kier molecular flexibility index (Phi) is 2.01. The van der Waals surface area contributed by atoms with Crippen molar-refractivity contribution in [1.82, 2.24) is 25.2 Å². The lowest BCUT2D eigenvalue weighted by Gasteiger charge is -2.07. The second-order valence-corrected chi connectivity index (χ2v) is 4.26. The van der Waals surface area contributed by atoms with Crippen molar-refractivity contribution >= 4 is 5.97 Å². The lowest BCUT2D eigenvalue weighted by molar-refractivity contribution is -0.137. The molecule has 2 aromatic rings. The van der Waals surface area contributed by atoms with Gasteiger partial charge in [0.25, 0.3) is 0 Å². The van der Waals surface area contributed by atoms with Gasteiger partial charge in [0, 0.05) is 17.2 Å². The van der Waals surface area contributed by atoms with Gasteiger partial charge in [0.1, 0.15) is 6.54 Å². The number of rotatable bonds is 4. The van der Waals surface area contributed by atoms with E-state index in [1.165, 1.54) is 4.68 Å². The van der Waals surface area contributed by atoms with Gasteiger partial charge < -0.3 is 5.11 Å². The summed E-state index contributed by atoms with van der Waals surface area (Å²) in [6, 6.07) is 0. The third kappa shape index (κ3) is 1.59. The zero-order valence-corrected chi connectivity index (χ0v) is 9.00. The third-order valence-corrected chi connectivity index (χ3v) is 3.13. The largest absolute Gasteiger partial charge is 0.480 e. The van der Waals surface area contributed by atoms with Crippen molar-refractivity contribution in [3.05, 3.63) is 29.8 Å². The number of carboxylic acid groups (broad SMARTS) is 1. The molecule has 1 aliphatic carbocycles. The summed E-state index contributed by atoms with van der Waals surface area (Å²) in [6.07, 6.45) is 7.33. The molecular weight excluding hydrogens is 222 g/mol. The smallest absolute Gasteiger partial charge is 0.325 e. The van der Waals surface area contributed by atoms with Gasteiger partial charge >= 0.3 is 5.97 Å². The average molecular weight is 233 g/mol. The van der Waals surface area contributed by atoms with Gasteiger partial charge in [0.2, 0.25) is 0 Å². The molecule has 2 aromatic heterocycles. The van der Waals surface area contributed by atoms with Gasteiger partial charge in [-0.1, -0.05) is 5.21 Å². The summed E-state index contributed by atoms with van der Waals surface area (Å²) < 4.78 is 1.35. The maximum absolute atomic E-state index is 10.6. The molecule has 0 saturated heterocycles. The Balaban J connectivity index is 1.90. The van der Waals surface area contributed by atoms with E-state index in [2.05, 4.69) is 20.5 Å². The number of carbonyl (C=O) groups is 1. The van der Waals surface area contributed by atoms with Crippen LogP contribution in [-0.4, -0.2) is 36.3 Å². The normalized spacial score (nSPS) is 16.9. The molecule has 3 rings (SSSR count). The monoisotopic (exact) mass is 233 g/mol. The molecule has 1 fully saturated rings. The van der Waals surface area contributed by atoms with Crippen LogP contribution in [0.15, 0.2) is 18.6 Å². The van der Waals surface area contributed by atoms with Gasteiger partial charge in [-0.05, 0) is 12.8 Å². The first-order valence-electron chi connectivity index (χ1n) is 5.32. The fourth-order valence-electron chi connectivity index (χ4n) is 2.06. The Labute approximate surface area is 96.5 Å². The van der Waals surface area contributed by atoms with Crippen LogP contribution < -0.4 is 0 Å². The second-order valence-electron chi connectivity index (χ2n) is 4.26. The Morgan fingerprint density at radius 2 is 2.41 bits per heavy atom. The number of aromatic amines is 1. The van der Waals surface area contributed by atoms with Crippen molar-refractivity contribution in [2.75, 3.05) is 0 Å². The maximum atomic E-state index is 10.6. The van der Waals surface area contributed by atoms with Gasteiger partial charge in [0.05, 0.1) is 18.1 Å². The Morgan fingerprint density at radius 1 is 1.59 bits per heavy atom. The van der Waals surface area contributed by atoms with Crippen LogP contribution in [-0.2, 0) is 16.8 Å². The molecule has 0 atom stereocenters. The number of nitrogens with zero attached hydrogens (tertiary/aromatic N) is 4.